The van der Waals surface area contributed by atoms with E-state index in [9.17, 15) is 48.3 Å². The molecule has 0 spiro atoms. The lowest BCUT2D eigenvalue weighted by Crippen LogP contribution is -2.63. The predicted octanol–water partition coefficient (Wildman–Crippen LogP) is 3.72. The lowest BCUT2D eigenvalue weighted by Gasteiger charge is -2.41. The largest absolute Gasteiger partial charge is 0.390 e. The van der Waals surface area contributed by atoms with Crippen molar-refractivity contribution in [1.29, 1.82) is 0 Å². The average molecular weight is 1290 g/mol. The summed E-state index contributed by atoms with van der Waals surface area (Å²) in [4.78, 5) is 172. The molecule has 1 aliphatic rings. The summed E-state index contributed by atoms with van der Waals surface area (Å²) in [6, 6.07) is -13.0. The zero-order valence-electron chi connectivity index (χ0n) is 58.9. The molecule has 0 aromatic carbocycles. The molecule has 0 unspecified atom stereocenters. The van der Waals surface area contributed by atoms with E-state index in [0.29, 0.717) is 12.8 Å². The molecule has 27 nitrogen and oxygen atoms in total. The molecule has 27 heteroatoms. The van der Waals surface area contributed by atoms with Crippen LogP contribution >= 0.6 is 0 Å². The van der Waals surface area contributed by atoms with Gasteiger partial charge in [-0.05, 0) is 114 Å². The van der Waals surface area contributed by atoms with Gasteiger partial charge in [-0.25, -0.2) is 0 Å². The van der Waals surface area contributed by atoms with E-state index >= 15 is 9.59 Å². The maximum absolute atomic E-state index is 15.2. The van der Waals surface area contributed by atoms with E-state index < -0.39 is 162 Å². The average Bonchev–Trinajstić information content (AvgIpc) is 0.949. The van der Waals surface area contributed by atoms with Gasteiger partial charge in [0.05, 0.1) is 18.8 Å². The Kier molecular flexibility index (Phi) is 35.1. The van der Waals surface area contributed by atoms with E-state index in [1.54, 1.807) is 67.5 Å². The molecular weight excluding hydrogens is 1170 g/mol. The van der Waals surface area contributed by atoms with Gasteiger partial charge in [-0.2, -0.15) is 0 Å². The van der Waals surface area contributed by atoms with E-state index in [1.165, 1.54) is 82.8 Å². The number of ether oxygens (including phenoxy) is 1. The highest BCUT2D eigenvalue weighted by Gasteiger charge is 2.46. The number of azide groups is 1. The molecule has 0 bridgehead atoms. The van der Waals surface area contributed by atoms with Gasteiger partial charge in [-0.15, -0.1) is 0 Å². The first kappa shape index (κ1) is 82.2. The van der Waals surface area contributed by atoms with Gasteiger partial charge in [0.2, 0.25) is 65.0 Å². The first-order valence-corrected chi connectivity index (χ1v) is 32.2. The summed E-state index contributed by atoms with van der Waals surface area (Å²) in [5.41, 5.74) is 8.77. The first-order valence-electron chi connectivity index (χ1n) is 32.2. The SMILES string of the molecule is CC=CC[C@@H](C)[C@@H](O)[C@H]1C(=O)N[C@@H](CC)C(=O)N(C)CC(=O)N(C)[C@@H]([C@@H](C)OCCCCN=[N+]=[N-])C(=O)N[C@@H](C(C)C)C(=O)N(C)[C@@H](CC(C)C)C(=O)N[C@@H](C)C(=O)N[C@H](C)C(=O)N(C)[C@@H](CC(C)C)C(=O)N(C)[C@@H](CC(C)C)C(=O)N(C)[C@@H](C(C)C)C(=O)N1C. The van der Waals surface area contributed by atoms with Crippen LogP contribution in [-0.4, -0.2) is 246 Å². The fourth-order valence-corrected chi connectivity index (χ4v) is 11.2. The molecule has 1 saturated heterocycles. The van der Waals surface area contributed by atoms with Crippen LogP contribution < -0.4 is 21.3 Å². The van der Waals surface area contributed by atoms with E-state index in [2.05, 4.69) is 31.3 Å². The van der Waals surface area contributed by atoms with Crippen molar-refractivity contribution in [3.8, 4) is 0 Å². The van der Waals surface area contributed by atoms with Crippen LogP contribution in [0.5, 0.6) is 0 Å². The van der Waals surface area contributed by atoms with Crippen LogP contribution in [0.1, 0.15) is 156 Å². The fourth-order valence-electron chi connectivity index (χ4n) is 11.2. The number of allylic oxidation sites excluding steroid dienone is 2. The third-order valence-electron chi connectivity index (χ3n) is 16.8. The number of aliphatic hydroxyl groups is 1. The number of unbranched alkanes of at least 4 members (excludes halogenated alkanes) is 1. The lowest BCUT2D eigenvalue weighted by molar-refractivity contribution is -0.157. The molecule has 5 N–H and O–H groups in total. The number of carbonyl (C=O) groups excluding carboxylic acids is 11. The second kappa shape index (κ2) is 38.9. The fraction of sp³-hybridized carbons (Fsp3) is 0.797. The van der Waals surface area contributed by atoms with Crippen molar-refractivity contribution in [3.63, 3.8) is 0 Å². The Balaban J connectivity index is 4.39. The second-order valence-corrected chi connectivity index (χ2v) is 26.6. The summed E-state index contributed by atoms with van der Waals surface area (Å²) in [6.45, 7) is 27.1. The lowest BCUT2D eigenvalue weighted by atomic mass is 9.91. The van der Waals surface area contributed by atoms with E-state index in [1.807, 2.05) is 41.5 Å². The van der Waals surface area contributed by atoms with Crippen molar-refractivity contribution in [2.24, 2.45) is 40.6 Å². The first-order chi connectivity index (χ1) is 42.3. The summed E-state index contributed by atoms with van der Waals surface area (Å²) in [5, 5.41) is 26.6. The molecule has 0 aromatic heterocycles. The number of rotatable bonds is 20. The predicted molar refractivity (Wildman–Crippen MR) is 348 cm³/mol. The van der Waals surface area contributed by atoms with Crippen molar-refractivity contribution < 1.29 is 62.6 Å². The maximum atomic E-state index is 15.2. The molecular formula is C64H114N14O13. The molecule has 0 aliphatic carbocycles. The van der Waals surface area contributed by atoms with Crippen molar-refractivity contribution >= 4 is 65.0 Å². The minimum absolute atomic E-state index is 0.0216. The molecule has 13 atom stereocenters. The minimum atomic E-state index is -1.65. The molecule has 518 valence electrons. The Morgan fingerprint density at radius 2 is 1.04 bits per heavy atom. The van der Waals surface area contributed by atoms with Crippen LogP contribution in [0.3, 0.4) is 0 Å². The van der Waals surface area contributed by atoms with Gasteiger partial charge in [0.1, 0.15) is 60.4 Å². The highest BCUT2D eigenvalue weighted by atomic mass is 16.5. The minimum Gasteiger partial charge on any atom is -0.390 e. The van der Waals surface area contributed by atoms with Gasteiger partial charge in [0.15, 0.2) is 0 Å². The number of nitrogens with one attached hydrogen (secondary N) is 4. The molecule has 0 aromatic rings. The van der Waals surface area contributed by atoms with Gasteiger partial charge in [0, 0.05) is 67.4 Å². The third kappa shape index (κ3) is 24.0. The highest BCUT2D eigenvalue weighted by molar-refractivity contribution is 5.99. The van der Waals surface area contributed by atoms with Gasteiger partial charge < -0.3 is 65.4 Å². The Bertz CT molecular complexity index is 2540. The Labute approximate surface area is 541 Å². The van der Waals surface area contributed by atoms with Crippen molar-refractivity contribution in [2.75, 3.05) is 69.0 Å². The number of hydrogen-bond acceptors (Lipinski definition) is 14. The van der Waals surface area contributed by atoms with Crippen molar-refractivity contribution in [3.05, 3.63) is 22.6 Å². The normalized spacial score (nSPS) is 26.1. The zero-order valence-corrected chi connectivity index (χ0v) is 58.9. The Morgan fingerprint density at radius 3 is 1.54 bits per heavy atom. The molecule has 91 heavy (non-hydrogen) atoms. The number of carbonyl (C=O) groups is 11. The monoisotopic (exact) mass is 1290 g/mol. The van der Waals surface area contributed by atoms with Crippen molar-refractivity contribution in [2.45, 2.75) is 228 Å². The maximum Gasteiger partial charge on any atom is 0.246 e. The number of nitrogens with zero attached hydrogens (tertiary/aromatic N) is 10. The third-order valence-corrected chi connectivity index (χ3v) is 16.8. The second-order valence-electron chi connectivity index (χ2n) is 26.6. The Morgan fingerprint density at radius 1 is 0.560 bits per heavy atom. The summed E-state index contributed by atoms with van der Waals surface area (Å²) in [5.74, 6) is -10.4. The molecule has 0 radical (unpaired) electrons. The van der Waals surface area contributed by atoms with Gasteiger partial charge in [-0.1, -0.05) is 100 Å². The van der Waals surface area contributed by atoms with Crippen LogP contribution in [0.25, 0.3) is 10.4 Å². The number of aliphatic hydroxyl groups excluding tert-OH is 1. The van der Waals surface area contributed by atoms with Crippen LogP contribution in [0.15, 0.2) is 17.3 Å². The molecule has 1 fully saturated rings. The molecule has 0 saturated carbocycles. The van der Waals surface area contributed by atoms with Crippen LogP contribution in [0.2, 0.25) is 0 Å². The molecule has 1 rings (SSSR count). The van der Waals surface area contributed by atoms with E-state index in [-0.39, 0.29) is 63.0 Å². The summed E-state index contributed by atoms with van der Waals surface area (Å²) in [7, 11) is 9.71. The number of hydrogen-bond donors (Lipinski definition) is 5. The topological polar surface area (TPSA) is 337 Å². The Hall–Kier alpha value is -6.86. The number of amides is 11. The molecule has 1 aliphatic heterocycles. The smallest absolute Gasteiger partial charge is 0.246 e. The molecule has 11 amide bonds. The molecule has 1 heterocycles. The number of likely N-dealkylation sites (N-methyl/N-ethyl adjacent to an activating group) is 7. The van der Waals surface area contributed by atoms with E-state index in [0.717, 1.165) is 14.7 Å². The quantitative estimate of drug-likeness (QED) is 0.0382. The van der Waals surface area contributed by atoms with Crippen molar-refractivity contribution in [1.82, 2.24) is 55.6 Å². The van der Waals surface area contributed by atoms with E-state index in [4.69, 9.17) is 10.3 Å². The zero-order chi connectivity index (χ0) is 70.2. The summed E-state index contributed by atoms with van der Waals surface area (Å²) >= 11 is 0. The highest BCUT2D eigenvalue weighted by Crippen LogP contribution is 2.26. The summed E-state index contributed by atoms with van der Waals surface area (Å²) < 4.78 is 6.12. The van der Waals surface area contributed by atoms with Crippen LogP contribution in [0, 0.1) is 35.5 Å². The summed E-state index contributed by atoms with van der Waals surface area (Å²) in [6.07, 6.45) is 2.49. The van der Waals surface area contributed by atoms with Crippen LogP contribution in [0.4, 0.5) is 0 Å². The van der Waals surface area contributed by atoms with Gasteiger partial charge in [0.25, 0.3) is 0 Å². The van der Waals surface area contributed by atoms with Gasteiger partial charge in [-0.3, -0.25) is 52.7 Å². The standard InChI is InChI=1S/C64H114N14O13/c1-24-26-29-41(13)54(80)53-58(84)69-45(25-2)60(86)72(17)35-49(79)76(21)52(44(16)91-31-28-27-30-66-71-65)57(83)70-50(39(9)10)63(89)73(18)46(32-36(3)4)56(82)67-42(14)55(81)68-43(15)59(85)74(19)47(33-37(5)6)61(87)75(20)48(34-38(7)8)62(88)77(22)51(40(11)12)64(90)78(53)23/h24,26,36-48,50-54,80H,25,27-35H2,1-23H3,(H,67,82)(H,68,81)(H,69,84)(H,70,83)/t41-,42+,43-,44-,45+,46+,47+,48+,50+,51+,52+,53+,54-/m1/s1. The van der Waals surface area contributed by atoms with Crippen LogP contribution in [-0.2, 0) is 57.5 Å². The van der Waals surface area contributed by atoms with Gasteiger partial charge >= 0.3 is 0 Å².